The fraction of sp³-hybridized carbons (Fsp3) is 0.537. The summed E-state index contributed by atoms with van der Waals surface area (Å²) in [6.45, 7) is 9.55. The van der Waals surface area contributed by atoms with Crippen LogP contribution in [0.2, 0.25) is 0 Å². The number of hydrogen-bond acceptors (Lipinski definition) is 14. The van der Waals surface area contributed by atoms with E-state index in [4.69, 9.17) is 37.9 Å². The predicted octanol–water partition coefficient (Wildman–Crippen LogP) is 6.60. The van der Waals surface area contributed by atoms with Crippen molar-refractivity contribution in [1.82, 2.24) is 0 Å². The number of hydrogen-bond donors (Lipinski definition) is 3. The molecule has 2 spiro atoms. The standard InChI is InChI=1S/C54H62O14/c1-31(2)50-28-37(29-62-47(57)35-17-11-8-12-18-35)53-42-45(50)66-54(67-50,68-53)39(55)21-15-7-6-10-16-32(3)41-33(4)44(64-48(58)36-19-13-9-14-20-36)52(60,43(41)53)49(59)51(46(42)65-51)30-63-40(56)27-24-34-22-25-38(61-5)26-23-34/h8-9,11-14,17-20,22-27,32-33,37,39,41-46,49,55,59-60H,1,6-7,10,15-16,21,28-30H2,2-5H3/b27-24+/t32-,33+,37+,39-,41?,42?,43?,44+,45-,46+,49-,50-,51+,52-,53-,54?/m1/s1. The predicted molar refractivity (Wildman–Crippen MR) is 245 cm³/mol. The van der Waals surface area contributed by atoms with Crippen molar-refractivity contribution in [3.63, 3.8) is 0 Å². The van der Waals surface area contributed by atoms with Crippen molar-refractivity contribution in [2.45, 2.75) is 125 Å². The number of fused-ring (bicyclic) bond motifs is 1. The second kappa shape index (κ2) is 17.5. The summed E-state index contributed by atoms with van der Waals surface area (Å²) < 4.78 is 52.6. The van der Waals surface area contributed by atoms with E-state index in [1.807, 2.05) is 13.8 Å². The normalized spacial score (nSPS) is 41.0. The Morgan fingerprint density at radius 3 is 2.15 bits per heavy atom. The van der Waals surface area contributed by atoms with Gasteiger partial charge in [-0.1, -0.05) is 101 Å². The first-order valence-electron chi connectivity index (χ1n) is 24.1. The molecule has 4 saturated heterocycles. The molecule has 0 radical (unpaired) electrons. The van der Waals surface area contributed by atoms with Crippen LogP contribution < -0.4 is 4.74 Å². The summed E-state index contributed by atoms with van der Waals surface area (Å²) >= 11 is 0. The maximum atomic E-state index is 14.3. The zero-order valence-electron chi connectivity index (χ0n) is 39.0. The molecule has 3 aliphatic carbocycles. The molecule has 16 atom stereocenters. The van der Waals surface area contributed by atoms with E-state index in [2.05, 4.69) is 13.5 Å². The maximum Gasteiger partial charge on any atom is 0.338 e. The number of rotatable bonds is 11. The minimum atomic E-state index is -2.38. The first kappa shape index (κ1) is 46.8. The van der Waals surface area contributed by atoms with Crippen LogP contribution in [0.15, 0.2) is 103 Å². The molecular formula is C54H62O14. The second-order valence-corrected chi connectivity index (χ2v) is 20.3. The summed E-state index contributed by atoms with van der Waals surface area (Å²) in [5.41, 5.74) is -5.36. The second-order valence-electron chi connectivity index (χ2n) is 20.3. The maximum absolute atomic E-state index is 14.3. The van der Waals surface area contributed by atoms with Gasteiger partial charge < -0.3 is 53.2 Å². The lowest BCUT2D eigenvalue weighted by molar-refractivity contribution is -0.459. The van der Waals surface area contributed by atoms with Crippen LogP contribution in [0, 0.1) is 35.5 Å². The van der Waals surface area contributed by atoms with Crippen molar-refractivity contribution in [2.75, 3.05) is 20.3 Å². The molecule has 14 nitrogen and oxygen atoms in total. The minimum Gasteiger partial charge on any atom is -0.497 e. The molecule has 14 heteroatoms. The van der Waals surface area contributed by atoms with Crippen LogP contribution in [-0.4, -0.2) is 112 Å². The van der Waals surface area contributed by atoms with Crippen LogP contribution in [0.3, 0.4) is 0 Å². The van der Waals surface area contributed by atoms with Crippen molar-refractivity contribution in [2.24, 2.45) is 35.5 Å². The van der Waals surface area contributed by atoms with Crippen LogP contribution in [0.25, 0.3) is 6.08 Å². The number of methoxy groups -OCH3 is 1. The highest BCUT2D eigenvalue weighted by atomic mass is 16.9. The fourth-order valence-corrected chi connectivity index (χ4v) is 13.5. The third kappa shape index (κ3) is 7.19. The van der Waals surface area contributed by atoms with Crippen molar-refractivity contribution in [3.05, 3.63) is 120 Å². The van der Waals surface area contributed by atoms with Gasteiger partial charge in [-0.2, -0.15) is 0 Å². The summed E-state index contributed by atoms with van der Waals surface area (Å²) in [5.74, 6) is -7.59. The van der Waals surface area contributed by atoms with Crippen LogP contribution in [0.1, 0.15) is 92.0 Å². The van der Waals surface area contributed by atoms with Crippen molar-refractivity contribution in [3.8, 4) is 5.75 Å². The van der Waals surface area contributed by atoms with E-state index >= 15 is 0 Å². The SMILES string of the molecule is C=C(C)[C@]12C[C@@H](COC(=O)c3ccccc3)[C@@]34OC5(O[C@@H]1C3[C@@H]1O[C@]1(COC(=O)/C=C/c1ccc(OC)cc1)[C@@H](O)[C@@]1(O)C4C([C@H](C)CCCCCC[C@H]5O)[C@H](C)[C@@H]1OC(=O)c1ccccc1)O2. The third-order valence-electron chi connectivity index (χ3n) is 16.6. The van der Waals surface area contributed by atoms with Gasteiger partial charge in [-0.25, -0.2) is 14.4 Å². The Bertz CT molecular complexity index is 2430. The van der Waals surface area contributed by atoms with Gasteiger partial charge in [-0.05, 0) is 91.1 Å². The highest BCUT2D eigenvalue weighted by molar-refractivity contribution is 5.90. The number of benzene rings is 3. The average molecular weight is 935 g/mol. The molecule has 3 bridgehead atoms. The third-order valence-corrected chi connectivity index (χ3v) is 16.6. The van der Waals surface area contributed by atoms with Crippen LogP contribution in [0.4, 0.5) is 0 Å². The van der Waals surface area contributed by atoms with Gasteiger partial charge in [-0.15, -0.1) is 0 Å². The Hall–Kier alpha value is -4.93. The lowest BCUT2D eigenvalue weighted by atomic mass is 9.51. The van der Waals surface area contributed by atoms with Crippen LogP contribution in [0.5, 0.6) is 5.75 Å². The van der Waals surface area contributed by atoms with E-state index in [9.17, 15) is 29.7 Å². The van der Waals surface area contributed by atoms with Gasteiger partial charge in [0.05, 0.1) is 30.4 Å². The van der Waals surface area contributed by atoms with E-state index in [-0.39, 0.29) is 30.9 Å². The number of carbonyl (C=O) groups excluding carboxylic acids is 3. The van der Waals surface area contributed by atoms with Gasteiger partial charge in [-0.3, -0.25) is 0 Å². The largest absolute Gasteiger partial charge is 0.497 e. The average Bonchev–Trinajstić information content (AvgIpc) is 3.97. The summed E-state index contributed by atoms with van der Waals surface area (Å²) in [7, 11) is 1.56. The van der Waals surface area contributed by atoms with E-state index in [0.29, 0.717) is 28.9 Å². The van der Waals surface area contributed by atoms with Gasteiger partial charge in [0.2, 0.25) is 0 Å². The summed E-state index contributed by atoms with van der Waals surface area (Å²) in [5, 5.41) is 40.2. The summed E-state index contributed by atoms with van der Waals surface area (Å²) in [4.78, 5) is 42.0. The number of carbonyl (C=O) groups is 3. The molecule has 3 N–H and O–H groups in total. The molecule has 0 amide bonds. The van der Waals surface area contributed by atoms with E-state index in [1.54, 1.807) is 98.1 Å². The molecule has 0 aromatic heterocycles. The molecule has 4 unspecified atom stereocenters. The van der Waals surface area contributed by atoms with Gasteiger partial charge in [0.1, 0.15) is 54.1 Å². The Morgan fingerprint density at radius 2 is 1.49 bits per heavy atom. The van der Waals surface area contributed by atoms with E-state index in [0.717, 1.165) is 25.7 Å². The molecular weight excluding hydrogens is 873 g/mol. The zero-order valence-corrected chi connectivity index (χ0v) is 39.0. The summed E-state index contributed by atoms with van der Waals surface area (Å²) in [6, 6.07) is 24.2. The molecule has 10 rings (SSSR count). The van der Waals surface area contributed by atoms with Crippen molar-refractivity contribution < 1.29 is 67.6 Å². The highest BCUT2D eigenvalue weighted by Gasteiger charge is 2.91. The Balaban J connectivity index is 1.15. The Labute approximate surface area is 396 Å². The molecule has 3 saturated carbocycles. The smallest absolute Gasteiger partial charge is 0.338 e. The van der Waals surface area contributed by atoms with Crippen LogP contribution >= 0.6 is 0 Å². The van der Waals surface area contributed by atoms with Crippen molar-refractivity contribution >= 4 is 24.0 Å². The number of esters is 3. The van der Waals surface area contributed by atoms with Gasteiger partial charge in [0.25, 0.3) is 0 Å². The van der Waals surface area contributed by atoms with Gasteiger partial charge in [0.15, 0.2) is 5.60 Å². The van der Waals surface area contributed by atoms with E-state index in [1.165, 1.54) is 6.08 Å². The van der Waals surface area contributed by atoms with Gasteiger partial charge in [0, 0.05) is 23.8 Å². The quantitative estimate of drug-likeness (QED) is 0.0613. The number of aliphatic hydroxyl groups is 3. The number of aliphatic hydroxyl groups excluding tert-OH is 2. The Morgan fingerprint density at radius 1 is 0.824 bits per heavy atom. The topological polar surface area (TPSA) is 189 Å². The summed E-state index contributed by atoms with van der Waals surface area (Å²) in [6.07, 6.45) is 0.646. The molecule has 68 heavy (non-hydrogen) atoms. The number of epoxide rings is 1. The van der Waals surface area contributed by atoms with Gasteiger partial charge >= 0.3 is 23.9 Å². The van der Waals surface area contributed by atoms with E-state index < -0.39 is 113 Å². The molecule has 362 valence electrons. The molecule has 7 fully saturated rings. The fourth-order valence-electron chi connectivity index (χ4n) is 13.5. The highest BCUT2D eigenvalue weighted by Crippen LogP contribution is 2.76. The first-order valence-corrected chi connectivity index (χ1v) is 24.1. The monoisotopic (exact) mass is 934 g/mol. The Kier molecular flexibility index (Phi) is 12.0. The van der Waals surface area contributed by atoms with Crippen molar-refractivity contribution in [1.29, 1.82) is 0 Å². The zero-order chi connectivity index (χ0) is 47.8. The lowest BCUT2D eigenvalue weighted by Gasteiger charge is -2.62. The molecule has 3 aromatic carbocycles. The lowest BCUT2D eigenvalue weighted by Crippen LogP contribution is -2.75. The molecule has 7 aliphatic rings. The molecule has 3 aromatic rings. The molecule has 4 heterocycles. The van der Waals surface area contributed by atoms with Crippen LogP contribution in [-0.2, 0) is 38.0 Å². The minimum absolute atomic E-state index is 0.123. The first-order chi connectivity index (χ1) is 32.6. The number of ether oxygens (including phenoxy) is 8. The molecule has 4 aliphatic heterocycles.